The predicted octanol–water partition coefficient (Wildman–Crippen LogP) is 3.21. The number of anilines is 1. The van der Waals surface area contributed by atoms with Gasteiger partial charge in [0, 0.05) is 13.6 Å². The van der Waals surface area contributed by atoms with E-state index in [4.69, 9.17) is 0 Å². The molecule has 0 aliphatic heterocycles. The summed E-state index contributed by atoms with van der Waals surface area (Å²) in [5.41, 5.74) is 3.36. The number of hydrogen-bond donors (Lipinski definition) is 0. The molecule has 0 atom stereocenters. The van der Waals surface area contributed by atoms with E-state index in [0.717, 1.165) is 23.7 Å². The average molecular weight is 260 g/mol. The smallest absolute Gasteiger partial charge is 0.186 e. The maximum absolute atomic E-state index is 10.8. The van der Waals surface area contributed by atoms with Crippen LogP contribution in [0.1, 0.15) is 26.5 Å². The van der Waals surface area contributed by atoms with Crippen LogP contribution in [0.25, 0.3) is 0 Å². The Morgan fingerprint density at radius 2 is 2.06 bits per heavy atom. The van der Waals surface area contributed by atoms with Gasteiger partial charge in [-0.1, -0.05) is 35.6 Å². The molecule has 0 amide bonds. The van der Waals surface area contributed by atoms with Crippen molar-refractivity contribution < 1.29 is 4.79 Å². The molecule has 1 heterocycles. The molecular formula is C14H16N2OS. The summed E-state index contributed by atoms with van der Waals surface area (Å²) in [5, 5.41) is 0.887. The summed E-state index contributed by atoms with van der Waals surface area (Å²) >= 11 is 1.44. The van der Waals surface area contributed by atoms with Gasteiger partial charge in [-0.25, -0.2) is 4.98 Å². The SMILES string of the molecule is Cc1ccccc1CN(C)c1nc(C)c(C=O)s1. The molecule has 1 aromatic heterocycles. The third kappa shape index (κ3) is 2.59. The molecule has 0 spiro atoms. The molecule has 0 saturated heterocycles. The monoisotopic (exact) mass is 260 g/mol. The molecule has 0 bridgehead atoms. The highest BCUT2D eigenvalue weighted by Crippen LogP contribution is 2.25. The number of carbonyl (C=O) groups is 1. The summed E-state index contributed by atoms with van der Waals surface area (Å²) in [6, 6.07) is 8.30. The minimum Gasteiger partial charge on any atom is -0.347 e. The van der Waals surface area contributed by atoms with Crippen LogP contribution in [0.2, 0.25) is 0 Å². The summed E-state index contributed by atoms with van der Waals surface area (Å²) in [5.74, 6) is 0. The standard InChI is InChI=1S/C14H16N2OS/c1-10-6-4-5-7-12(10)8-16(3)14-15-11(2)13(9-17)18-14/h4-7,9H,8H2,1-3H3. The van der Waals surface area contributed by atoms with Gasteiger partial charge in [0.25, 0.3) is 0 Å². The lowest BCUT2D eigenvalue weighted by atomic mass is 10.1. The van der Waals surface area contributed by atoms with Crippen LogP contribution in [0.4, 0.5) is 5.13 Å². The van der Waals surface area contributed by atoms with Crippen LogP contribution < -0.4 is 4.90 Å². The highest BCUT2D eigenvalue weighted by atomic mass is 32.1. The quantitative estimate of drug-likeness (QED) is 0.791. The lowest BCUT2D eigenvalue weighted by Gasteiger charge is -2.17. The van der Waals surface area contributed by atoms with Crippen molar-refractivity contribution in [3.63, 3.8) is 0 Å². The Labute approximate surface area is 111 Å². The molecule has 0 unspecified atom stereocenters. The van der Waals surface area contributed by atoms with Gasteiger partial charge >= 0.3 is 0 Å². The van der Waals surface area contributed by atoms with Gasteiger partial charge in [0.2, 0.25) is 0 Å². The molecule has 18 heavy (non-hydrogen) atoms. The summed E-state index contributed by atoms with van der Waals surface area (Å²) in [6.45, 7) is 4.77. The largest absolute Gasteiger partial charge is 0.347 e. The van der Waals surface area contributed by atoms with E-state index >= 15 is 0 Å². The van der Waals surface area contributed by atoms with Crippen molar-refractivity contribution in [2.75, 3.05) is 11.9 Å². The van der Waals surface area contributed by atoms with Crippen LogP contribution in [-0.2, 0) is 6.54 Å². The molecule has 0 aliphatic carbocycles. The van der Waals surface area contributed by atoms with E-state index in [-0.39, 0.29) is 0 Å². The highest BCUT2D eigenvalue weighted by molar-refractivity contribution is 7.17. The third-order valence-corrected chi connectivity index (χ3v) is 4.12. The molecule has 0 fully saturated rings. The molecule has 94 valence electrons. The van der Waals surface area contributed by atoms with Gasteiger partial charge in [-0.15, -0.1) is 0 Å². The molecule has 4 heteroatoms. The number of carbonyl (C=O) groups excluding carboxylic acids is 1. The maximum atomic E-state index is 10.8. The Hall–Kier alpha value is -1.68. The zero-order valence-corrected chi connectivity index (χ0v) is 11.6. The lowest BCUT2D eigenvalue weighted by molar-refractivity contribution is 0.112. The molecule has 0 saturated carbocycles. The lowest BCUT2D eigenvalue weighted by Crippen LogP contribution is -2.16. The van der Waals surface area contributed by atoms with Gasteiger partial charge in [0.15, 0.2) is 11.4 Å². The van der Waals surface area contributed by atoms with E-state index in [1.165, 1.54) is 22.5 Å². The number of aryl methyl sites for hydroxylation is 2. The zero-order valence-electron chi connectivity index (χ0n) is 10.8. The van der Waals surface area contributed by atoms with Crippen LogP contribution in [0.5, 0.6) is 0 Å². The Bertz CT molecular complexity index is 563. The van der Waals surface area contributed by atoms with E-state index in [1.54, 1.807) is 0 Å². The first kappa shape index (κ1) is 12.8. The van der Waals surface area contributed by atoms with Gasteiger partial charge in [-0.05, 0) is 25.0 Å². The van der Waals surface area contributed by atoms with E-state index in [1.807, 2.05) is 26.1 Å². The topological polar surface area (TPSA) is 33.2 Å². The number of benzene rings is 1. The Morgan fingerprint density at radius 1 is 1.33 bits per heavy atom. The number of aromatic nitrogens is 1. The second-order valence-corrected chi connectivity index (χ2v) is 5.36. The van der Waals surface area contributed by atoms with Crippen molar-refractivity contribution in [1.29, 1.82) is 0 Å². The highest BCUT2D eigenvalue weighted by Gasteiger charge is 2.11. The van der Waals surface area contributed by atoms with Gasteiger partial charge in [0.1, 0.15) is 0 Å². The maximum Gasteiger partial charge on any atom is 0.186 e. The Kier molecular flexibility index (Phi) is 3.77. The third-order valence-electron chi connectivity index (χ3n) is 2.92. The van der Waals surface area contributed by atoms with Crippen molar-refractivity contribution in [1.82, 2.24) is 4.98 Å². The van der Waals surface area contributed by atoms with Crippen molar-refractivity contribution in [2.24, 2.45) is 0 Å². The van der Waals surface area contributed by atoms with Crippen LogP contribution >= 0.6 is 11.3 Å². The average Bonchev–Trinajstić information content (AvgIpc) is 2.73. The molecule has 0 aliphatic rings. The molecular weight excluding hydrogens is 244 g/mol. The van der Waals surface area contributed by atoms with Crippen LogP contribution in [0, 0.1) is 13.8 Å². The van der Waals surface area contributed by atoms with Crippen LogP contribution in [0.15, 0.2) is 24.3 Å². The number of nitrogens with zero attached hydrogens (tertiary/aromatic N) is 2. The fourth-order valence-electron chi connectivity index (χ4n) is 1.78. The van der Waals surface area contributed by atoms with E-state index in [2.05, 4.69) is 28.9 Å². The van der Waals surface area contributed by atoms with Gasteiger partial charge in [0.05, 0.1) is 10.6 Å². The minimum absolute atomic E-state index is 0.710. The van der Waals surface area contributed by atoms with Crippen molar-refractivity contribution in [3.8, 4) is 0 Å². The molecule has 3 nitrogen and oxygen atoms in total. The van der Waals surface area contributed by atoms with Crippen LogP contribution in [-0.4, -0.2) is 18.3 Å². The van der Waals surface area contributed by atoms with Gasteiger partial charge < -0.3 is 4.90 Å². The number of aldehydes is 1. The predicted molar refractivity (Wildman–Crippen MR) is 75.5 cm³/mol. The number of thiazole rings is 1. The van der Waals surface area contributed by atoms with Crippen molar-refractivity contribution in [3.05, 3.63) is 46.0 Å². The fourth-order valence-corrected chi connectivity index (χ4v) is 2.62. The van der Waals surface area contributed by atoms with E-state index in [0.29, 0.717) is 4.88 Å². The fraction of sp³-hybridized carbons (Fsp3) is 0.286. The summed E-state index contributed by atoms with van der Waals surface area (Å²) < 4.78 is 0. The van der Waals surface area contributed by atoms with Crippen molar-refractivity contribution >= 4 is 22.8 Å². The molecule has 0 N–H and O–H groups in total. The van der Waals surface area contributed by atoms with E-state index < -0.39 is 0 Å². The summed E-state index contributed by atoms with van der Waals surface area (Å²) in [7, 11) is 2.00. The molecule has 1 aromatic carbocycles. The second kappa shape index (κ2) is 5.31. The minimum atomic E-state index is 0.710. The first-order valence-electron chi connectivity index (χ1n) is 5.80. The van der Waals surface area contributed by atoms with E-state index in [9.17, 15) is 4.79 Å². The zero-order chi connectivity index (χ0) is 13.1. The normalized spacial score (nSPS) is 10.4. The summed E-state index contributed by atoms with van der Waals surface area (Å²) in [6.07, 6.45) is 0.873. The van der Waals surface area contributed by atoms with Gasteiger partial charge in [-0.2, -0.15) is 0 Å². The summed E-state index contributed by atoms with van der Waals surface area (Å²) in [4.78, 5) is 18.0. The second-order valence-electron chi connectivity index (χ2n) is 4.35. The molecule has 2 rings (SSSR count). The number of hydrogen-bond acceptors (Lipinski definition) is 4. The Balaban J connectivity index is 2.19. The molecule has 0 radical (unpaired) electrons. The van der Waals surface area contributed by atoms with Gasteiger partial charge in [-0.3, -0.25) is 4.79 Å². The number of rotatable bonds is 4. The van der Waals surface area contributed by atoms with Crippen molar-refractivity contribution in [2.45, 2.75) is 20.4 Å². The Morgan fingerprint density at radius 3 is 2.67 bits per heavy atom. The first-order valence-corrected chi connectivity index (χ1v) is 6.61. The first-order chi connectivity index (χ1) is 8.61. The van der Waals surface area contributed by atoms with Crippen LogP contribution in [0.3, 0.4) is 0 Å². The molecule has 2 aromatic rings.